The molecular weight excluding hydrogens is 122 g/mol. The van der Waals surface area contributed by atoms with Gasteiger partial charge in [0.1, 0.15) is 5.60 Å². The quantitative estimate of drug-likeness (QED) is 0.408. The fourth-order valence-electron chi connectivity index (χ4n) is 0.317. The summed E-state index contributed by atoms with van der Waals surface area (Å²) in [5, 5.41) is 19.6. The minimum absolute atomic E-state index is 0.0764. The van der Waals surface area contributed by atoms with Crippen molar-refractivity contribution >= 4 is 6.41 Å². The number of rotatable bonds is 4. The fraction of sp³-hybridized carbons (Fsp3) is 0.800. The summed E-state index contributed by atoms with van der Waals surface area (Å²) >= 11 is 0. The third-order valence-corrected chi connectivity index (χ3v) is 0.907. The highest BCUT2D eigenvalue weighted by molar-refractivity contribution is 5.46. The molecule has 0 aromatic carbocycles. The van der Waals surface area contributed by atoms with Crippen molar-refractivity contribution in [2.75, 3.05) is 13.2 Å². The maximum atomic E-state index is 9.66. The third-order valence-electron chi connectivity index (χ3n) is 0.907. The molecule has 0 heterocycles. The molecule has 9 heavy (non-hydrogen) atoms. The van der Waals surface area contributed by atoms with Crippen LogP contribution in [0.3, 0.4) is 0 Å². The van der Waals surface area contributed by atoms with Gasteiger partial charge in [-0.3, -0.25) is 4.79 Å². The van der Waals surface area contributed by atoms with Gasteiger partial charge in [0.2, 0.25) is 6.41 Å². The van der Waals surface area contributed by atoms with Crippen molar-refractivity contribution in [1.82, 2.24) is 5.32 Å². The number of carbonyl (C=O) groups excluding carboxylic acids is 1. The Morgan fingerprint density at radius 2 is 2.33 bits per heavy atom. The molecule has 0 aliphatic heterocycles. The van der Waals surface area contributed by atoms with Crippen LogP contribution in [0.4, 0.5) is 0 Å². The summed E-state index contributed by atoms with van der Waals surface area (Å²) in [6.45, 7) is 1.16. The van der Waals surface area contributed by atoms with E-state index in [1.54, 1.807) is 0 Å². The minimum Gasteiger partial charge on any atom is -0.393 e. The van der Waals surface area contributed by atoms with Gasteiger partial charge in [0.25, 0.3) is 0 Å². The lowest BCUT2D eigenvalue weighted by atomic mass is 10.1. The predicted molar refractivity (Wildman–Crippen MR) is 31.8 cm³/mol. The topological polar surface area (TPSA) is 69.6 Å². The van der Waals surface area contributed by atoms with E-state index in [1.165, 1.54) is 6.92 Å². The SMILES string of the molecule is CC(O)(CO)CNC=O. The first-order valence-electron chi connectivity index (χ1n) is 2.62. The van der Waals surface area contributed by atoms with E-state index in [0.29, 0.717) is 6.41 Å². The van der Waals surface area contributed by atoms with Crippen molar-refractivity contribution in [3.63, 3.8) is 0 Å². The van der Waals surface area contributed by atoms with Crippen LogP contribution in [0.25, 0.3) is 0 Å². The zero-order valence-corrected chi connectivity index (χ0v) is 5.29. The molecule has 0 spiro atoms. The molecule has 54 valence electrons. The van der Waals surface area contributed by atoms with Crippen molar-refractivity contribution in [3.05, 3.63) is 0 Å². The van der Waals surface area contributed by atoms with Crippen LogP contribution in [0, 0.1) is 0 Å². The number of amides is 1. The molecule has 4 heteroatoms. The maximum Gasteiger partial charge on any atom is 0.207 e. The molecule has 0 saturated carbocycles. The average Bonchev–Trinajstić information content (AvgIpc) is 1.84. The normalized spacial score (nSPS) is 16.3. The first kappa shape index (κ1) is 8.39. The van der Waals surface area contributed by atoms with Gasteiger partial charge >= 0.3 is 0 Å². The Kier molecular flexibility index (Phi) is 3.19. The summed E-state index contributed by atoms with van der Waals surface area (Å²) in [5.74, 6) is 0. The van der Waals surface area contributed by atoms with Gasteiger partial charge in [-0.1, -0.05) is 0 Å². The van der Waals surface area contributed by atoms with Gasteiger partial charge in [-0.15, -0.1) is 0 Å². The van der Waals surface area contributed by atoms with Crippen LogP contribution in [0.1, 0.15) is 6.92 Å². The van der Waals surface area contributed by atoms with E-state index in [1.807, 2.05) is 0 Å². The monoisotopic (exact) mass is 133 g/mol. The van der Waals surface area contributed by atoms with Crippen molar-refractivity contribution in [1.29, 1.82) is 0 Å². The Morgan fingerprint density at radius 3 is 2.67 bits per heavy atom. The summed E-state index contributed by atoms with van der Waals surface area (Å²) in [6, 6.07) is 0. The van der Waals surface area contributed by atoms with Gasteiger partial charge in [0.15, 0.2) is 0 Å². The zero-order valence-electron chi connectivity index (χ0n) is 5.29. The first-order valence-corrected chi connectivity index (χ1v) is 2.62. The highest BCUT2D eigenvalue weighted by Gasteiger charge is 2.17. The lowest BCUT2D eigenvalue weighted by molar-refractivity contribution is -0.110. The van der Waals surface area contributed by atoms with Crippen molar-refractivity contribution in [2.45, 2.75) is 12.5 Å². The summed E-state index contributed by atoms with van der Waals surface area (Å²) in [7, 11) is 0. The molecule has 0 radical (unpaired) electrons. The van der Waals surface area contributed by atoms with Crippen LogP contribution >= 0.6 is 0 Å². The maximum absolute atomic E-state index is 9.66. The van der Waals surface area contributed by atoms with E-state index in [2.05, 4.69) is 5.32 Å². The summed E-state index contributed by atoms with van der Waals surface area (Å²) in [4.78, 5) is 9.66. The molecule has 0 rings (SSSR count). The first-order chi connectivity index (χ1) is 4.12. The number of carbonyl (C=O) groups is 1. The highest BCUT2D eigenvalue weighted by atomic mass is 16.3. The highest BCUT2D eigenvalue weighted by Crippen LogP contribution is 1.96. The van der Waals surface area contributed by atoms with Crippen LogP contribution in [0.15, 0.2) is 0 Å². The third kappa shape index (κ3) is 3.93. The van der Waals surface area contributed by atoms with Crippen molar-refractivity contribution in [2.24, 2.45) is 0 Å². The molecule has 0 saturated heterocycles. The second kappa shape index (κ2) is 3.42. The van der Waals surface area contributed by atoms with Crippen LogP contribution in [0.5, 0.6) is 0 Å². The van der Waals surface area contributed by atoms with Gasteiger partial charge in [0, 0.05) is 6.54 Å². The van der Waals surface area contributed by atoms with E-state index >= 15 is 0 Å². The predicted octanol–water partition coefficient (Wildman–Crippen LogP) is -1.52. The van der Waals surface area contributed by atoms with Gasteiger partial charge in [0.05, 0.1) is 6.61 Å². The zero-order chi connectivity index (χ0) is 7.33. The molecule has 0 aromatic rings. The van der Waals surface area contributed by atoms with Crippen molar-refractivity contribution in [3.8, 4) is 0 Å². The van der Waals surface area contributed by atoms with E-state index in [4.69, 9.17) is 10.2 Å². The summed E-state index contributed by atoms with van der Waals surface area (Å²) < 4.78 is 0. The number of nitrogens with one attached hydrogen (secondary N) is 1. The van der Waals surface area contributed by atoms with Crippen LogP contribution < -0.4 is 5.32 Å². The molecule has 3 N–H and O–H groups in total. The molecule has 0 fully saturated rings. The molecule has 0 aliphatic carbocycles. The van der Waals surface area contributed by atoms with Gasteiger partial charge in [-0.25, -0.2) is 0 Å². The molecule has 0 aromatic heterocycles. The molecule has 0 aliphatic rings. The Bertz CT molecular complexity index is 92.2. The number of aliphatic hydroxyl groups is 2. The van der Waals surface area contributed by atoms with Gasteiger partial charge in [-0.05, 0) is 6.92 Å². The van der Waals surface area contributed by atoms with Crippen LogP contribution in [0.2, 0.25) is 0 Å². The van der Waals surface area contributed by atoms with Gasteiger partial charge in [-0.2, -0.15) is 0 Å². The fourth-order valence-corrected chi connectivity index (χ4v) is 0.317. The molecule has 0 bridgehead atoms. The van der Waals surface area contributed by atoms with Crippen LogP contribution in [-0.4, -0.2) is 35.4 Å². The molecule has 4 nitrogen and oxygen atoms in total. The van der Waals surface area contributed by atoms with Crippen LogP contribution in [-0.2, 0) is 4.79 Å². The second-order valence-corrected chi connectivity index (χ2v) is 2.15. The van der Waals surface area contributed by atoms with E-state index in [-0.39, 0.29) is 13.2 Å². The largest absolute Gasteiger partial charge is 0.393 e. The number of hydrogen-bond acceptors (Lipinski definition) is 3. The van der Waals surface area contributed by atoms with E-state index in [0.717, 1.165) is 0 Å². The summed E-state index contributed by atoms with van der Waals surface area (Å²) in [5.41, 5.74) is -1.19. The standard InChI is InChI=1S/C5H11NO3/c1-5(9,3-7)2-6-4-8/h4,7,9H,2-3H2,1H3,(H,6,8). The molecular formula is C5H11NO3. The molecule has 1 unspecified atom stereocenters. The average molecular weight is 133 g/mol. The lowest BCUT2D eigenvalue weighted by Gasteiger charge is -2.18. The second-order valence-electron chi connectivity index (χ2n) is 2.15. The van der Waals surface area contributed by atoms with Gasteiger partial charge < -0.3 is 15.5 Å². The van der Waals surface area contributed by atoms with E-state index in [9.17, 15) is 4.79 Å². The number of hydrogen-bond donors (Lipinski definition) is 3. The number of aliphatic hydroxyl groups excluding tert-OH is 1. The summed E-state index contributed by atoms with van der Waals surface area (Å²) in [6.07, 6.45) is 0.476. The smallest absolute Gasteiger partial charge is 0.207 e. The molecule has 1 atom stereocenters. The Morgan fingerprint density at radius 1 is 1.78 bits per heavy atom. The molecule has 1 amide bonds. The minimum atomic E-state index is -1.19. The van der Waals surface area contributed by atoms with Crippen molar-refractivity contribution < 1.29 is 15.0 Å². The van der Waals surface area contributed by atoms with E-state index < -0.39 is 5.60 Å². The Hall–Kier alpha value is -0.610. The Labute approximate surface area is 53.5 Å². The Balaban J connectivity index is 3.44. The lowest BCUT2D eigenvalue weighted by Crippen LogP contribution is -2.40.